The highest BCUT2D eigenvalue weighted by Gasteiger charge is 2.19. The first-order valence-corrected chi connectivity index (χ1v) is 12.9. The van der Waals surface area contributed by atoms with Gasteiger partial charge in [-0.3, -0.25) is 14.2 Å². The van der Waals surface area contributed by atoms with Crippen molar-refractivity contribution in [3.63, 3.8) is 0 Å². The van der Waals surface area contributed by atoms with Gasteiger partial charge >= 0.3 is 0 Å². The quantitative estimate of drug-likeness (QED) is 0.223. The van der Waals surface area contributed by atoms with E-state index in [0.29, 0.717) is 52.3 Å². The zero-order valence-corrected chi connectivity index (χ0v) is 19.9. The van der Waals surface area contributed by atoms with Crippen molar-refractivity contribution in [2.75, 3.05) is 24.3 Å². The van der Waals surface area contributed by atoms with Gasteiger partial charge in [0.25, 0.3) is 5.56 Å². The number of ether oxygens (including phenoxy) is 2. The molecule has 5 rings (SSSR count). The monoisotopic (exact) mass is 497 g/mol. The van der Waals surface area contributed by atoms with Gasteiger partial charge in [-0.1, -0.05) is 23.9 Å². The van der Waals surface area contributed by atoms with E-state index in [2.05, 4.69) is 11.9 Å². The number of fused-ring (bicyclic) bond motifs is 2. The van der Waals surface area contributed by atoms with Crippen molar-refractivity contribution in [1.82, 2.24) is 9.55 Å². The average Bonchev–Trinajstić information content (AvgIpc) is 3.50. The molecule has 33 heavy (non-hydrogen) atoms. The highest BCUT2D eigenvalue weighted by Crippen LogP contribution is 2.35. The molecule has 0 radical (unpaired) electrons. The summed E-state index contributed by atoms with van der Waals surface area (Å²) in [5.74, 6) is 1.17. The van der Waals surface area contributed by atoms with Crippen molar-refractivity contribution in [3.05, 3.63) is 64.1 Å². The van der Waals surface area contributed by atoms with Gasteiger partial charge in [-0.25, -0.2) is 4.98 Å². The van der Waals surface area contributed by atoms with Crippen LogP contribution in [0.15, 0.2) is 63.7 Å². The first-order valence-electron chi connectivity index (χ1n) is 10.1. The maximum Gasteiger partial charge on any atom is 0.263 e. The van der Waals surface area contributed by atoms with Crippen molar-refractivity contribution >= 4 is 56.2 Å². The molecular weight excluding hydrogens is 478 g/mol. The van der Waals surface area contributed by atoms with E-state index in [1.54, 1.807) is 40.2 Å². The fraction of sp³-hybridized carbons (Fsp3) is 0.174. The largest absolute Gasteiger partial charge is 0.486 e. The predicted molar refractivity (Wildman–Crippen MR) is 134 cm³/mol. The summed E-state index contributed by atoms with van der Waals surface area (Å²) in [4.78, 5) is 32.3. The molecule has 1 aliphatic heterocycles. The van der Waals surface area contributed by atoms with Gasteiger partial charge in [-0.2, -0.15) is 0 Å². The van der Waals surface area contributed by atoms with Gasteiger partial charge in [-0.05, 0) is 23.6 Å². The van der Waals surface area contributed by atoms with E-state index in [4.69, 9.17) is 14.5 Å². The normalized spacial score (nSPS) is 12.6. The molecule has 1 N–H and O–H groups in total. The standard InChI is InChI=1S/C23H19N3O4S3/c1-2-7-26-22(28)20-15(18-4-3-10-31-18)12-32-21(20)25-23(26)33-13-19(27)24-14-5-6-16-17(11-14)30-9-8-29-16/h2-6,10-12H,1,7-9,13H2,(H,24,27). The lowest BCUT2D eigenvalue weighted by atomic mass is 10.2. The van der Waals surface area contributed by atoms with Gasteiger partial charge in [0, 0.05) is 34.1 Å². The molecule has 3 aromatic heterocycles. The molecule has 4 heterocycles. The van der Waals surface area contributed by atoms with Gasteiger partial charge in [0.15, 0.2) is 16.7 Å². The van der Waals surface area contributed by atoms with Crippen LogP contribution in [0, 0.1) is 0 Å². The van der Waals surface area contributed by atoms with Crippen molar-refractivity contribution in [1.29, 1.82) is 0 Å². The summed E-state index contributed by atoms with van der Waals surface area (Å²) in [6.45, 7) is 5.07. The average molecular weight is 498 g/mol. The smallest absolute Gasteiger partial charge is 0.263 e. The Kier molecular flexibility index (Phi) is 6.21. The Morgan fingerprint density at radius 3 is 2.88 bits per heavy atom. The SMILES string of the molecule is C=CCn1c(SCC(=O)Nc2ccc3c(c2)OCCO3)nc2scc(-c3cccs3)c2c1=O. The van der Waals surface area contributed by atoms with Crippen molar-refractivity contribution in [3.8, 4) is 21.9 Å². The Morgan fingerprint density at radius 1 is 1.24 bits per heavy atom. The van der Waals surface area contributed by atoms with Crippen LogP contribution in [0.4, 0.5) is 5.69 Å². The maximum atomic E-state index is 13.3. The minimum atomic E-state index is -0.207. The summed E-state index contributed by atoms with van der Waals surface area (Å²) >= 11 is 4.25. The van der Waals surface area contributed by atoms with Crippen molar-refractivity contribution in [2.45, 2.75) is 11.7 Å². The molecule has 0 unspecified atom stereocenters. The van der Waals surface area contributed by atoms with E-state index in [1.807, 2.05) is 22.9 Å². The number of carbonyl (C=O) groups is 1. The van der Waals surface area contributed by atoms with E-state index < -0.39 is 0 Å². The topological polar surface area (TPSA) is 82.5 Å². The van der Waals surface area contributed by atoms with E-state index in [-0.39, 0.29) is 17.2 Å². The van der Waals surface area contributed by atoms with Gasteiger partial charge in [0.1, 0.15) is 18.0 Å². The summed E-state index contributed by atoms with van der Waals surface area (Å²) in [6.07, 6.45) is 1.66. The molecule has 4 aromatic rings. The molecule has 168 valence electrons. The minimum Gasteiger partial charge on any atom is -0.486 e. The number of benzene rings is 1. The van der Waals surface area contributed by atoms with Crippen LogP contribution >= 0.6 is 34.4 Å². The van der Waals surface area contributed by atoms with E-state index in [9.17, 15) is 9.59 Å². The second-order valence-electron chi connectivity index (χ2n) is 7.10. The number of carbonyl (C=O) groups excluding carboxylic acids is 1. The molecular formula is C23H19N3O4S3. The molecule has 10 heteroatoms. The molecule has 0 bridgehead atoms. The molecule has 0 saturated carbocycles. The molecule has 7 nitrogen and oxygen atoms in total. The van der Waals surface area contributed by atoms with Gasteiger partial charge in [-0.15, -0.1) is 29.3 Å². The zero-order chi connectivity index (χ0) is 22.8. The summed E-state index contributed by atoms with van der Waals surface area (Å²) < 4.78 is 12.6. The highest BCUT2D eigenvalue weighted by atomic mass is 32.2. The third-order valence-electron chi connectivity index (χ3n) is 4.92. The molecule has 1 aliphatic rings. The van der Waals surface area contributed by atoms with Gasteiger partial charge in [0.2, 0.25) is 5.91 Å². The number of hydrogen-bond acceptors (Lipinski definition) is 8. The number of nitrogens with one attached hydrogen (secondary N) is 1. The van der Waals surface area contributed by atoms with Crippen LogP contribution in [-0.2, 0) is 11.3 Å². The third-order valence-corrected chi connectivity index (χ3v) is 7.67. The third kappa shape index (κ3) is 4.41. The van der Waals surface area contributed by atoms with E-state index >= 15 is 0 Å². The Morgan fingerprint density at radius 2 is 2.09 bits per heavy atom. The minimum absolute atomic E-state index is 0.104. The lowest BCUT2D eigenvalue weighted by molar-refractivity contribution is -0.113. The molecule has 0 atom stereocenters. The Labute approximate surface area is 201 Å². The molecule has 1 aromatic carbocycles. The summed E-state index contributed by atoms with van der Waals surface area (Å²) in [5.41, 5.74) is 1.39. The second kappa shape index (κ2) is 9.42. The Hall–Kier alpha value is -3.08. The Bertz CT molecular complexity index is 1390. The number of allylic oxidation sites excluding steroid dienone is 1. The van der Waals surface area contributed by atoms with Crippen LogP contribution in [0.3, 0.4) is 0 Å². The fourth-order valence-electron chi connectivity index (χ4n) is 3.47. The number of rotatable bonds is 7. The van der Waals surface area contributed by atoms with E-state index in [0.717, 1.165) is 10.4 Å². The lowest BCUT2D eigenvalue weighted by Crippen LogP contribution is -2.23. The number of amides is 1. The van der Waals surface area contributed by atoms with Gasteiger partial charge in [0.05, 0.1) is 11.1 Å². The summed E-state index contributed by atoms with van der Waals surface area (Å²) in [7, 11) is 0. The Balaban J connectivity index is 1.37. The van der Waals surface area contributed by atoms with Crippen LogP contribution < -0.4 is 20.3 Å². The first-order chi connectivity index (χ1) is 16.1. The number of hydrogen-bond donors (Lipinski definition) is 1. The summed E-state index contributed by atoms with van der Waals surface area (Å²) in [5, 5.41) is 7.91. The van der Waals surface area contributed by atoms with Crippen molar-refractivity contribution in [2.24, 2.45) is 0 Å². The second-order valence-corrected chi connectivity index (χ2v) is 9.85. The molecule has 0 aliphatic carbocycles. The predicted octanol–water partition coefficient (Wildman–Crippen LogP) is 4.87. The number of thiophene rings is 2. The van der Waals surface area contributed by atoms with Crippen LogP contribution in [0.1, 0.15) is 0 Å². The number of nitrogens with zero attached hydrogens (tertiary/aromatic N) is 2. The van der Waals surface area contributed by atoms with Crippen LogP contribution in [0.5, 0.6) is 11.5 Å². The van der Waals surface area contributed by atoms with E-state index in [1.165, 1.54) is 23.1 Å². The molecule has 0 spiro atoms. The van der Waals surface area contributed by atoms with Crippen LogP contribution in [0.2, 0.25) is 0 Å². The summed E-state index contributed by atoms with van der Waals surface area (Å²) in [6, 6.07) is 9.24. The highest BCUT2D eigenvalue weighted by molar-refractivity contribution is 7.99. The van der Waals surface area contributed by atoms with Crippen molar-refractivity contribution < 1.29 is 14.3 Å². The number of anilines is 1. The number of thioether (sulfide) groups is 1. The fourth-order valence-corrected chi connectivity index (χ4v) is 6.08. The molecule has 0 fully saturated rings. The van der Waals surface area contributed by atoms with Crippen LogP contribution in [-0.4, -0.2) is 34.4 Å². The van der Waals surface area contributed by atoms with Crippen LogP contribution in [0.25, 0.3) is 20.7 Å². The molecule has 1 amide bonds. The number of aromatic nitrogens is 2. The lowest BCUT2D eigenvalue weighted by Gasteiger charge is -2.19. The maximum absolute atomic E-state index is 13.3. The first kappa shape index (κ1) is 21.7. The zero-order valence-electron chi connectivity index (χ0n) is 17.4. The van der Waals surface area contributed by atoms with Gasteiger partial charge < -0.3 is 14.8 Å². The molecule has 0 saturated heterocycles.